The molecule has 32 heavy (non-hydrogen) atoms. The quantitative estimate of drug-likeness (QED) is 0.312. The molecule has 0 saturated heterocycles. The van der Waals surface area contributed by atoms with Crippen LogP contribution in [0.5, 0.6) is 11.5 Å². The fourth-order valence-electron chi connectivity index (χ4n) is 3.08. The van der Waals surface area contributed by atoms with Crippen LogP contribution in [0.1, 0.15) is 5.56 Å². The van der Waals surface area contributed by atoms with Crippen LogP contribution in [0, 0.1) is 0 Å². The Balaban J connectivity index is 1.39. The van der Waals surface area contributed by atoms with E-state index in [4.69, 9.17) is 14.2 Å². The molecule has 0 spiro atoms. The molecule has 0 saturated carbocycles. The monoisotopic (exact) mass is 517 g/mol. The van der Waals surface area contributed by atoms with Crippen LogP contribution in [0.25, 0.3) is 10.8 Å². The molecule has 8 heteroatoms. The van der Waals surface area contributed by atoms with Gasteiger partial charge in [-0.2, -0.15) is 0 Å². The number of rotatable bonds is 10. The summed E-state index contributed by atoms with van der Waals surface area (Å²) in [5.74, 6) is 0.637. The van der Waals surface area contributed by atoms with Crippen molar-refractivity contribution in [3.63, 3.8) is 0 Å². The topological polar surface area (TPSA) is 73.9 Å². The van der Waals surface area contributed by atoms with Gasteiger partial charge in [0.25, 0.3) is 5.91 Å². The number of benzene rings is 3. The van der Waals surface area contributed by atoms with E-state index in [1.807, 2.05) is 54.6 Å². The molecule has 0 aromatic heterocycles. The van der Waals surface area contributed by atoms with Gasteiger partial charge in [0.15, 0.2) is 18.1 Å². The Hall–Kier alpha value is -2.71. The molecule has 0 bridgehead atoms. The molecule has 0 aliphatic rings. The lowest BCUT2D eigenvalue weighted by atomic mass is 10.1. The summed E-state index contributed by atoms with van der Waals surface area (Å²) < 4.78 is 16.5. The highest BCUT2D eigenvalue weighted by atomic mass is 79.9. The van der Waals surface area contributed by atoms with Gasteiger partial charge in [0.05, 0.1) is 20.0 Å². The number of hydrogen-bond acceptors (Lipinski definition) is 6. The van der Waals surface area contributed by atoms with Gasteiger partial charge in [-0.05, 0) is 56.9 Å². The van der Waals surface area contributed by atoms with Gasteiger partial charge >= 0.3 is 5.97 Å². The molecule has 168 valence electrons. The van der Waals surface area contributed by atoms with Gasteiger partial charge in [-0.15, -0.1) is 11.8 Å². The molecule has 0 radical (unpaired) electrons. The van der Waals surface area contributed by atoms with E-state index < -0.39 is 5.97 Å². The maximum Gasteiger partial charge on any atom is 0.316 e. The van der Waals surface area contributed by atoms with Crippen molar-refractivity contribution < 1.29 is 23.8 Å². The summed E-state index contributed by atoms with van der Waals surface area (Å²) in [4.78, 5) is 25.0. The first-order valence-electron chi connectivity index (χ1n) is 9.95. The lowest BCUT2D eigenvalue weighted by molar-refractivity contribution is -0.145. The summed E-state index contributed by atoms with van der Waals surface area (Å²) in [5, 5.41) is 4.96. The number of esters is 1. The number of halogens is 1. The van der Waals surface area contributed by atoms with Crippen LogP contribution in [-0.2, 0) is 20.7 Å². The minimum absolute atomic E-state index is 0.121. The van der Waals surface area contributed by atoms with E-state index in [1.54, 1.807) is 14.2 Å². The Morgan fingerprint density at radius 3 is 2.56 bits per heavy atom. The third-order valence-electron chi connectivity index (χ3n) is 4.72. The molecule has 1 N–H and O–H groups in total. The van der Waals surface area contributed by atoms with Crippen molar-refractivity contribution in [1.82, 2.24) is 5.32 Å². The van der Waals surface area contributed by atoms with Gasteiger partial charge in [-0.3, -0.25) is 9.59 Å². The van der Waals surface area contributed by atoms with E-state index in [1.165, 1.54) is 11.8 Å². The Morgan fingerprint density at radius 1 is 1.00 bits per heavy atom. The van der Waals surface area contributed by atoms with Crippen LogP contribution >= 0.6 is 27.7 Å². The van der Waals surface area contributed by atoms with Gasteiger partial charge in [0.2, 0.25) is 0 Å². The molecule has 0 unspecified atom stereocenters. The molecule has 0 aliphatic heterocycles. The number of ether oxygens (including phenoxy) is 3. The number of fused-ring (bicyclic) bond motifs is 1. The third-order valence-corrected chi connectivity index (χ3v) is 6.87. The molecule has 0 aliphatic carbocycles. The number of hydrogen-bond donors (Lipinski definition) is 1. The van der Waals surface area contributed by atoms with Gasteiger partial charge in [0, 0.05) is 15.9 Å². The summed E-state index contributed by atoms with van der Waals surface area (Å²) in [5.41, 5.74) is 0.998. The van der Waals surface area contributed by atoms with E-state index in [0.717, 1.165) is 25.7 Å². The zero-order valence-electron chi connectivity index (χ0n) is 17.9. The van der Waals surface area contributed by atoms with Crippen LogP contribution in [0.4, 0.5) is 0 Å². The Kier molecular flexibility index (Phi) is 8.81. The van der Waals surface area contributed by atoms with E-state index in [9.17, 15) is 9.59 Å². The normalized spacial score (nSPS) is 10.6. The fraction of sp³-hybridized carbons (Fsp3) is 0.250. The molecular formula is C24H24BrNO5S. The SMILES string of the molecule is COc1ccc(CCNC(=O)COC(=O)CSc2ccc3ccccc3c2Br)cc1OC. The van der Waals surface area contributed by atoms with Crippen LogP contribution < -0.4 is 14.8 Å². The minimum atomic E-state index is -0.440. The zero-order chi connectivity index (χ0) is 22.9. The van der Waals surface area contributed by atoms with Crippen molar-refractivity contribution in [2.45, 2.75) is 11.3 Å². The van der Waals surface area contributed by atoms with Gasteiger partial charge < -0.3 is 19.5 Å². The van der Waals surface area contributed by atoms with Crippen molar-refractivity contribution in [2.75, 3.05) is 33.1 Å². The van der Waals surface area contributed by atoms with Gasteiger partial charge in [0.1, 0.15) is 0 Å². The molecule has 1 amide bonds. The molecule has 3 aromatic carbocycles. The maximum atomic E-state index is 12.1. The Bertz CT molecular complexity index is 1100. The van der Waals surface area contributed by atoms with Gasteiger partial charge in [-0.1, -0.05) is 36.4 Å². The second kappa shape index (κ2) is 11.8. The highest BCUT2D eigenvalue weighted by Gasteiger charge is 2.11. The zero-order valence-corrected chi connectivity index (χ0v) is 20.3. The number of nitrogens with one attached hydrogen (secondary N) is 1. The van der Waals surface area contributed by atoms with Crippen molar-refractivity contribution in [2.24, 2.45) is 0 Å². The number of carbonyl (C=O) groups is 2. The lowest BCUT2D eigenvalue weighted by Gasteiger charge is -2.10. The predicted octanol–water partition coefficient (Wildman–Crippen LogP) is 4.61. The van der Waals surface area contributed by atoms with Crippen molar-refractivity contribution in [1.29, 1.82) is 0 Å². The van der Waals surface area contributed by atoms with Crippen LogP contribution in [0.15, 0.2) is 64.0 Å². The second-order valence-corrected chi connectivity index (χ2v) is 8.65. The standard InChI is InChI=1S/C24H24BrNO5S/c1-29-19-9-7-16(13-20(19)30-2)11-12-26-22(27)14-31-23(28)15-32-21-10-8-17-5-3-4-6-18(17)24(21)25/h3-10,13H,11-12,14-15H2,1-2H3,(H,26,27). The molecule has 0 heterocycles. The van der Waals surface area contributed by atoms with Crippen LogP contribution in [0.3, 0.4) is 0 Å². The number of carbonyl (C=O) groups excluding carboxylic acids is 2. The first-order valence-corrected chi connectivity index (χ1v) is 11.7. The van der Waals surface area contributed by atoms with Crippen molar-refractivity contribution >= 4 is 50.3 Å². The third kappa shape index (κ3) is 6.40. The van der Waals surface area contributed by atoms with Crippen LogP contribution in [0.2, 0.25) is 0 Å². The number of amides is 1. The molecule has 3 aromatic rings. The largest absolute Gasteiger partial charge is 0.493 e. The number of methoxy groups -OCH3 is 2. The van der Waals surface area contributed by atoms with Crippen molar-refractivity contribution in [3.05, 3.63) is 64.6 Å². The predicted molar refractivity (Wildman–Crippen MR) is 130 cm³/mol. The molecular weight excluding hydrogens is 494 g/mol. The summed E-state index contributed by atoms with van der Waals surface area (Å²) >= 11 is 4.97. The number of thioether (sulfide) groups is 1. The first-order chi connectivity index (χ1) is 15.5. The fourth-order valence-corrected chi connectivity index (χ4v) is 4.68. The highest BCUT2D eigenvalue weighted by Crippen LogP contribution is 2.34. The molecule has 0 fully saturated rings. The smallest absolute Gasteiger partial charge is 0.316 e. The second-order valence-electron chi connectivity index (χ2n) is 6.84. The van der Waals surface area contributed by atoms with Gasteiger partial charge in [-0.25, -0.2) is 0 Å². The van der Waals surface area contributed by atoms with Crippen molar-refractivity contribution in [3.8, 4) is 11.5 Å². The van der Waals surface area contributed by atoms with E-state index in [2.05, 4.69) is 21.2 Å². The van der Waals surface area contributed by atoms with E-state index >= 15 is 0 Å². The highest BCUT2D eigenvalue weighted by molar-refractivity contribution is 9.10. The Morgan fingerprint density at radius 2 is 1.78 bits per heavy atom. The summed E-state index contributed by atoms with van der Waals surface area (Å²) in [6, 6.07) is 17.6. The van der Waals surface area contributed by atoms with E-state index in [0.29, 0.717) is 24.5 Å². The summed E-state index contributed by atoms with van der Waals surface area (Å²) in [6.45, 7) is 0.120. The maximum absolute atomic E-state index is 12.1. The van der Waals surface area contributed by atoms with E-state index in [-0.39, 0.29) is 18.3 Å². The lowest BCUT2D eigenvalue weighted by Crippen LogP contribution is -2.30. The van der Waals surface area contributed by atoms with Crippen LogP contribution in [-0.4, -0.2) is 45.0 Å². The summed E-state index contributed by atoms with van der Waals surface area (Å²) in [6.07, 6.45) is 0.617. The summed E-state index contributed by atoms with van der Waals surface area (Å²) in [7, 11) is 3.16. The average Bonchev–Trinajstić information content (AvgIpc) is 2.82. The molecule has 0 atom stereocenters. The molecule has 6 nitrogen and oxygen atoms in total. The molecule has 3 rings (SSSR count). The average molecular weight is 518 g/mol. The minimum Gasteiger partial charge on any atom is -0.493 e. The first kappa shape index (κ1) is 23.9. The Labute approximate surface area is 199 Å².